The Morgan fingerprint density at radius 1 is 1.13 bits per heavy atom. The SMILES string of the molecule is CCOC(=O)C1CCN(c2ccc(NC(=O)c3ccc(Br)cc3)cc2C(=O)O)CC1. The van der Waals surface area contributed by atoms with Crippen molar-refractivity contribution >= 4 is 45.2 Å². The van der Waals surface area contributed by atoms with Crippen molar-refractivity contribution in [2.45, 2.75) is 19.8 Å². The maximum atomic E-state index is 12.4. The molecule has 0 aliphatic carbocycles. The number of esters is 1. The third-order valence-corrected chi connectivity index (χ3v) is 5.58. The summed E-state index contributed by atoms with van der Waals surface area (Å²) in [6.45, 7) is 3.27. The molecule has 1 amide bonds. The van der Waals surface area contributed by atoms with Crippen LogP contribution in [0.15, 0.2) is 46.9 Å². The smallest absolute Gasteiger partial charge is 0.337 e. The van der Waals surface area contributed by atoms with E-state index in [4.69, 9.17) is 4.74 Å². The number of carbonyl (C=O) groups is 3. The van der Waals surface area contributed by atoms with Crippen molar-refractivity contribution in [2.24, 2.45) is 5.92 Å². The number of hydrogen-bond donors (Lipinski definition) is 2. The zero-order valence-electron chi connectivity index (χ0n) is 16.6. The van der Waals surface area contributed by atoms with Gasteiger partial charge in [-0.25, -0.2) is 4.79 Å². The van der Waals surface area contributed by atoms with Crippen molar-refractivity contribution in [1.82, 2.24) is 0 Å². The van der Waals surface area contributed by atoms with Crippen LogP contribution in [0.1, 0.15) is 40.5 Å². The van der Waals surface area contributed by atoms with Gasteiger partial charge in [-0.15, -0.1) is 0 Å². The van der Waals surface area contributed by atoms with Crippen LogP contribution in [0.5, 0.6) is 0 Å². The number of halogens is 1. The van der Waals surface area contributed by atoms with Crippen LogP contribution in [0.3, 0.4) is 0 Å². The first-order valence-corrected chi connectivity index (χ1v) is 10.5. The number of carboxylic acids is 1. The molecule has 0 bridgehead atoms. The van der Waals surface area contributed by atoms with Gasteiger partial charge in [0.2, 0.25) is 0 Å². The van der Waals surface area contributed by atoms with Crippen LogP contribution in [0.25, 0.3) is 0 Å². The number of aromatic carboxylic acids is 1. The van der Waals surface area contributed by atoms with Crippen LogP contribution in [-0.4, -0.2) is 42.6 Å². The summed E-state index contributed by atoms with van der Waals surface area (Å²) in [5, 5.41) is 12.4. The van der Waals surface area contributed by atoms with Crippen LogP contribution >= 0.6 is 15.9 Å². The van der Waals surface area contributed by atoms with Gasteiger partial charge in [0.15, 0.2) is 0 Å². The predicted octanol–water partition coefficient (Wildman–Crippen LogP) is 4.18. The number of carbonyl (C=O) groups excluding carboxylic acids is 2. The van der Waals surface area contributed by atoms with Crippen molar-refractivity contribution < 1.29 is 24.2 Å². The van der Waals surface area contributed by atoms with E-state index in [-0.39, 0.29) is 23.4 Å². The number of carboxylic acid groups (broad SMARTS) is 1. The van der Waals surface area contributed by atoms with E-state index in [9.17, 15) is 19.5 Å². The Bertz CT molecular complexity index is 937. The Morgan fingerprint density at radius 2 is 1.80 bits per heavy atom. The normalized spacial score (nSPS) is 14.3. The van der Waals surface area contributed by atoms with E-state index in [0.717, 1.165) is 4.47 Å². The molecule has 30 heavy (non-hydrogen) atoms. The molecule has 0 aromatic heterocycles. The molecule has 8 heteroatoms. The molecule has 0 unspecified atom stereocenters. The molecule has 7 nitrogen and oxygen atoms in total. The molecular formula is C22H23BrN2O5. The van der Waals surface area contributed by atoms with Gasteiger partial charge in [-0.2, -0.15) is 0 Å². The van der Waals surface area contributed by atoms with Gasteiger partial charge in [0.25, 0.3) is 5.91 Å². The topological polar surface area (TPSA) is 95.9 Å². The fourth-order valence-electron chi connectivity index (χ4n) is 3.48. The second kappa shape index (κ2) is 9.75. The maximum Gasteiger partial charge on any atom is 0.337 e. The van der Waals surface area contributed by atoms with E-state index in [0.29, 0.717) is 49.5 Å². The van der Waals surface area contributed by atoms with E-state index in [1.54, 1.807) is 43.3 Å². The molecule has 1 aliphatic heterocycles. The summed E-state index contributed by atoms with van der Waals surface area (Å²) in [5.41, 5.74) is 1.57. The van der Waals surface area contributed by atoms with Crippen molar-refractivity contribution in [3.8, 4) is 0 Å². The Hall–Kier alpha value is -2.87. The van der Waals surface area contributed by atoms with Crippen LogP contribution in [0, 0.1) is 5.92 Å². The maximum absolute atomic E-state index is 12.4. The van der Waals surface area contributed by atoms with Gasteiger partial charge in [0, 0.05) is 28.8 Å². The largest absolute Gasteiger partial charge is 0.478 e. The molecule has 3 rings (SSSR count). The van der Waals surface area contributed by atoms with Gasteiger partial charge in [-0.3, -0.25) is 9.59 Å². The van der Waals surface area contributed by atoms with Crippen molar-refractivity contribution in [1.29, 1.82) is 0 Å². The second-order valence-electron chi connectivity index (χ2n) is 7.01. The lowest BCUT2D eigenvalue weighted by atomic mass is 9.96. The molecule has 2 aromatic rings. The Labute approximate surface area is 183 Å². The fourth-order valence-corrected chi connectivity index (χ4v) is 3.75. The minimum Gasteiger partial charge on any atom is -0.478 e. The quantitative estimate of drug-likeness (QED) is 0.609. The van der Waals surface area contributed by atoms with Crippen molar-refractivity contribution in [2.75, 3.05) is 29.9 Å². The molecule has 0 spiro atoms. The first-order valence-electron chi connectivity index (χ1n) is 9.75. The molecule has 1 fully saturated rings. The molecule has 2 aromatic carbocycles. The average molecular weight is 475 g/mol. The van der Waals surface area contributed by atoms with Crippen molar-refractivity contribution in [3.63, 3.8) is 0 Å². The van der Waals surface area contributed by atoms with Crippen LogP contribution in [0.2, 0.25) is 0 Å². The van der Waals surface area contributed by atoms with E-state index in [2.05, 4.69) is 21.2 Å². The van der Waals surface area contributed by atoms with E-state index in [1.807, 2.05) is 4.90 Å². The molecule has 0 atom stereocenters. The number of hydrogen-bond acceptors (Lipinski definition) is 5. The minimum atomic E-state index is -1.07. The Morgan fingerprint density at radius 3 is 2.40 bits per heavy atom. The number of rotatable bonds is 6. The molecule has 2 N–H and O–H groups in total. The molecule has 0 saturated carbocycles. The summed E-state index contributed by atoms with van der Waals surface area (Å²) >= 11 is 3.32. The fraction of sp³-hybridized carbons (Fsp3) is 0.318. The first-order chi connectivity index (χ1) is 14.4. The van der Waals surface area contributed by atoms with Gasteiger partial charge in [0.05, 0.1) is 23.8 Å². The number of piperidine rings is 1. The van der Waals surface area contributed by atoms with Crippen LogP contribution in [-0.2, 0) is 9.53 Å². The highest BCUT2D eigenvalue weighted by atomic mass is 79.9. The van der Waals surface area contributed by atoms with Gasteiger partial charge < -0.3 is 20.1 Å². The molecule has 1 saturated heterocycles. The van der Waals surface area contributed by atoms with Gasteiger partial charge in [-0.1, -0.05) is 15.9 Å². The lowest BCUT2D eigenvalue weighted by Crippen LogP contribution is -2.37. The average Bonchev–Trinajstić information content (AvgIpc) is 2.74. The summed E-state index contributed by atoms with van der Waals surface area (Å²) in [6.07, 6.45) is 1.22. The number of ether oxygens (including phenoxy) is 1. The van der Waals surface area contributed by atoms with Crippen LogP contribution < -0.4 is 10.2 Å². The first kappa shape index (κ1) is 21.8. The third-order valence-electron chi connectivity index (χ3n) is 5.05. The number of nitrogens with zero attached hydrogens (tertiary/aromatic N) is 1. The molecule has 158 valence electrons. The number of anilines is 2. The summed E-state index contributed by atoms with van der Waals surface area (Å²) in [5.74, 6) is -1.74. The highest BCUT2D eigenvalue weighted by Gasteiger charge is 2.28. The zero-order chi connectivity index (χ0) is 21.7. The summed E-state index contributed by atoms with van der Waals surface area (Å²) in [4.78, 5) is 38.1. The van der Waals surface area contributed by atoms with Gasteiger partial charge >= 0.3 is 11.9 Å². The summed E-state index contributed by atoms with van der Waals surface area (Å²) in [7, 11) is 0. The van der Waals surface area contributed by atoms with E-state index in [1.165, 1.54) is 6.07 Å². The van der Waals surface area contributed by atoms with Gasteiger partial charge in [0.1, 0.15) is 0 Å². The lowest BCUT2D eigenvalue weighted by molar-refractivity contribution is -0.148. The molecule has 0 radical (unpaired) electrons. The summed E-state index contributed by atoms with van der Waals surface area (Å²) < 4.78 is 5.95. The minimum absolute atomic E-state index is 0.109. The monoisotopic (exact) mass is 474 g/mol. The second-order valence-corrected chi connectivity index (χ2v) is 7.93. The van der Waals surface area contributed by atoms with E-state index < -0.39 is 5.97 Å². The highest BCUT2D eigenvalue weighted by Crippen LogP contribution is 2.29. The number of nitrogens with one attached hydrogen (secondary N) is 1. The predicted molar refractivity (Wildman–Crippen MR) is 117 cm³/mol. The molecule has 1 aliphatic rings. The molecular weight excluding hydrogens is 452 g/mol. The standard InChI is InChI=1S/C22H23BrN2O5/c1-2-30-22(29)15-9-11-25(12-10-15)19-8-7-17(13-18(19)21(27)28)24-20(26)14-3-5-16(23)6-4-14/h3-8,13,15H,2,9-12H2,1H3,(H,24,26)(H,27,28). The summed E-state index contributed by atoms with van der Waals surface area (Å²) in [6, 6.07) is 11.7. The number of benzene rings is 2. The van der Waals surface area contributed by atoms with Gasteiger partial charge in [-0.05, 0) is 62.2 Å². The van der Waals surface area contributed by atoms with Crippen LogP contribution in [0.4, 0.5) is 11.4 Å². The third kappa shape index (κ3) is 5.18. The highest BCUT2D eigenvalue weighted by molar-refractivity contribution is 9.10. The lowest BCUT2D eigenvalue weighted by Gasteiger charge is -2.33. The zero-order valence-corrected chi connectivity index (χ0v) is 18.1. The Balaban J connectivity index is 1.73. The van der Waals surface area contributed by atoms with Crippen molar-refractivity contribution in [3.05, 3.63) is 58.1 Å². The molecule has 1 heterocycles. The van der Waals surface area contributed by atoms with E-state index >= 15 is 0 Å². The Kier molecular flexibility index (Phi) is 7.10. The number of amides is 1.